The number of aliphatic hydroxyl groups excluding tert-OH is 2. The van der Waals surface area contributed by atoms with Crippen molar-refractivity contribution < 1.29 is 10.2 Å². The van der Waals surface area contributed by atoms with Gasteiger partial charge in [0.2, 0.25) is 0 Å². The summed E-state index contributed by atoms with van der Waals surface area (Å²) in [6.45, 7) is 24.0. The molecule has 3 aromatic rings. The van der Waals surface area contributed by atoms with Crippen LogP contribution in [0.15, 0.2) is 84.9 Å². The maximum atomic E-state index is 7.00. The van der Waals surface area contributed by atoms with Crippen LogP contribution in [0, 0.1) is 24.3 Å². The van der Waals surface area contributed by atoms with Crippen molar-refractivity contribution in [1.82, 2.24) is 0 Å². The Morgan fingerprint density at radius 2 is 0.389 bits per heavy atom. The van der Waals surface area contributed by atoms with Crippen molar-refractivity contribution in [2.24, 2.45) is 0 Å². The van der Waals surface area contributed by atoms with Gasteiger partial charge >= 0.3 is 0 Å². The van der Waals surface area contributed by atoms with E-state index in [0.717, 1.165) is 14.2 Å². The fourth-order valence-electron chi connectivity index (χ4n) is 0.992. The number of aliphatic hydroxyl groups is 2. The molecule has 0 spiro atoms. The Hall–Kier alpha value is -1.92. The summed E-state index contributed by atoms with van der Waals surface area (Å²) in [6.07, 6.45) is 0. The maximum absolute atomic E-state index is 7.00. The van der Waals surface area contributed by atoms with Crippen molar-refractivity contribution in [2.45, 2.75) is 83.1 Å². The van der Waals surface area contributed by atoms with Gasteiger partial charge in [0.1, 0.15) is 0 Å². The van der Waals surface area contributed by atoms with Gasteiger partial charge in [0.15, 0.2) is 0 Å². The SMILES string of the molecule is CC.CC.CC.CC.CC.CC.CO.CO.P.P.c1ccccc#1.c1ccccc#1.c1ccccc1. The first kappa shape index (κ1) is 64.3. The Morgan fingerprint density at radius 1 is 0.278 bits per heavy atom. The quantitative estimate of drug-likeness (QED) is 0.278. The van der Waals surface area contributed by atoms with Crippen LogP contribution in [0.25, 0.3) is 0 Å². The molecular weight excluding hydrogens is 478 g/mol. The van der Waals surface area contributed by atoms with Crippen molar-refractivity contribution in [1.29, 1.82) is 0 Å². The first-order valence-electron chi connectivity index (χ1n) is 12.5. The third-order valence-corrected chi connectivity index (χ3v) is 1.77. The smallest absolute Gasteiger partial charge is 0.0319 e. The van der Waals surface area contributed by atoms with Crippen molar-refractivity contribution in [3.05, 3.63) is 109 Å². The molecule has 0 bridgehead atoms. The van der Waals surface area contributed by atoms with Gasteiger partial charge in [0.05, 0.1) is 0 Å². The van der Waals surface area contributed by atoms with E-state index in [-0.39, 0.29) is 19.8 Å². The van der Waals surface area contributed by atoms with E-state index < -0.39 is 0 Å². The van der Waals surface area contributed by atoms with Crippen LogP contribution in [0.4, 0.5) is 0 Å². The standard InChI is InChI=1S/C6H6.2C6H4.6C2H6.2CH4O.2H3P/c3*1-2-4-6-5-3-1;8*1-2;;/h1-6H;2*1-4H;6*1-2H3;2*2H,1H3;2*1H3. The third kappa shape index (κ3) is 120. The molecule has 3 aromatic carbocycles. The lowest BCUT2D eigenvalue weighted by Gasteiger charge is -1.69. The summed E-state index contributed by atoms with van der Waals surface area (Å²) in [7, 11) is 2.00. The molecule has 2 atom stereocenters. The van der Waals surface area contributed by atoms with Crippen LogP contribution < -0.4 is 0 Å². The molecule has 0 aliphatic carbocycles. The lowest BCUT2D eigenvalue weighted by molar-refractivity contribution is 0.399. The minimum Gasteiger partial charge on any atom is -0.400 e. The lowest BCUT2D eigenvalue weighted by Crippen LogP contribution is -1.47. The minimum atomic E-state index is 0. The third-order valence-electron chi connectivity index (χ3n) is 1.77. The van der Waals surface area contributed by atoms with E-state index in [1.165, 1.54) is 0 Å². The summed E-state index contributed by atoms with van der Waals surface area (Å²) >= 11 is 0. The Kier molecular flexibility index (Phi) is 235. The van der Waals surface area contributed by atoms with Crippen LogP contribution in [-0.2, 0) is 0 Å². The molecule has 214 valence electrons. The molecule has 3 rings (SSSR count). The van der Waals surface area contributed by atoms with E-state index in [4.69, 9.17) is 10.2 Å². The van der Waals surface area contributed by atoms with Crippen molar-refractivity contribution in [2.75, 3.05) is 14.2 Å². The lowest BCUT2D eigenvalue weighted by atomic mass is 10.4. The first-order chi connectivity index (χ1) is 17.0. The fourth-order valence-corrected chi connectivity index (χ4v) is 0.992. The largest absolute Gasteiger partial charge is 0.400 e. The molecule has 4 heteroatoms. The van der Waals surface area contributed by atoms with Crippen molar-refractivity contribution in [3.8, 4) is 0 Å². The molecule has 0 aliphatic heterocycles. The second-order valence-electron chi connectivity index (χ2n) is 3.17. The van der Waals surface area contributed by atoms with Gasteiger partial charge in [-0.05, 0) is 24.3 Å². The van der Waals surface area contributed by atoms with E-state index in [2.05, 4.69) is 24.3 Å². The van der Waals surface area contributed by atoms with Crippen LogP contribution >= 0.6 is 19.8 Å². The molecule has 2 unspecified atom stereocenters. The van der Waals surface area contributed by atoms with Gasteiger partial charge in [-0.25, -0.2) is 0 Å². The Balaban J connectivity index is -0.0000000271. The maximum Gasteiger partial charge on any atom is 0.0319 e. The van der Waals surface area contributed by atoms with Crippen molar-refractivity contribution in [3.63, 3.8) is 0 Å². The fraction of sp³-hybridized carbons (Fsp3) is 0.438. The predicted octanol–water partition coefficient (Wildman–Crippen LogP) is 9.75. The van der Waals surface area contributed by atoms with E-state index in [9.17, 15) is 0 Å². The second kappa shape index (κ2) is 132. The molecule has 0 heterocycles. The number of benzene rings is 1. The second-order valence-corrected chi connectivity index (χ2v) is 3.17. The first-order valence-corrected chi connectivity index (χ1v) is 12.5. The van der Waals surface area contributed by atoms with E-state index in [1.807, 2.05) is 168 Å². The van der Waals surface area contributed by atoms with Crippen LogP contribution in [0.2, 0.25) is 0 Å². The summed E-state index contributed by atoms with van der Waals surface area (Å²) < 4.78 is 0. The summed E-state index contributed by atoms with van der Waals surface area (Å²) in [4.78, 5) is 0. The highest BCUT2D eigenvalue weighted by molar-refractivity contribution is 6.92. The monoisotopic (exact) mass is 542 g/mol. The van der Waals surface area contributed by atoms with E-state index in [0.29, 0.717) is 0 Å². The van der Waals surface area contributed by atoms with Gasteiger partial charge in [-0.1, -0.05) is 168 Å². The van der Waals surface area contributed by atoms with Gasteiger partial charge in [-0.3, -0.25) is 0 Å². The van der Waals surface area contributed by atoms with Gasteiger partial charge in [-0.15, -0.1) is 0 Å². The molecule has 2 N–H and O–H groups in total. The molecule has 0 aromatic heterocycles. The molecule has 2 nitrogen and oxygen atoms in total. The zero-order chi connectivity index (χ0) is 28.7. The van der Waals surface area contributed by atoms with Gasteiger partial charge in [0, 0.05) is 14.2 Å². The molecule has 36 heavy (non-hydrogen) atoms. The molecule has 0 amide bonds. The van der Waals surface area contributed by atoms with Crippen LogP contribution in [0.1, 0.15) is 83.1 Å². The van der Waals surface area contributed by atoms with E-state index >= 15 is 0 Å². The van der Waals surface area contributed by atoms with Crippen LogP contribution in [0.5, 0.6) is 0 Å². The minimum absolute atomic E-state index is 0. The molecular formula is C32H64O2P2. The normalized spacial score (nSPS) is 4.89. The number of hydrogen-bond donors (Lipinski definition) is 2. The average Bonchev–Trinajstić information content (AvgIpc) is 3.04. The highest BCUT2D eigenvalue weighted by atomic mass is 31.0. The van der Waals surface area contributed by atoms with E-state index in [1.54, 1.807) is 0 Å². The van der Waals surface area contributed by atoms with Gasteiger partial charge < -0.3 is 10.2 Å². The summed E-state index contributed by atoms with van der Waals surface area (Å²) in [5.41, 5.74) is 0. The average molecular weight is 543 g/mol. The van der Waals surface area contributed by atoms with Crippen LogP contribution in [-0.4, -0.2) is 24.4 Å². The van der Waals surface area contributed by atoms with Gasteiger partial charge in [0.25, 0.3) is 0 Å². The summed E-state index contributed by atoms with van der Waals surface area (Å²) in [5, 5.41) is 14.0. The molecule has 0 saturated carbocycles. The number of hydrogen-bond acceptors (Lipinski definition) is 2. The molecule has 0 saturated heterocycles. The molecule has 0 aliphatic rings. The zero-order valence-corrected chi connectivity index (χ0v) is 29.2. The highest BCUT2D eigenvalue weighted by Crippen LogP contribution is 1.80. The Morgan fingerprint density at radius 3 is 0.444 bits per heavy atom. The highest BCUT2D eigenvalue weighted by Gasteiger charge is 1.58. The summed E-state index contributed by atoms with van der Waals surface area (Å²) in [6, 6.07) is 38.0. The Bertz CT molecular complexity index is 313. The topological polar surface area (TPSA) is 40.5 Å². The zero-order valence-electron chi connectivity index (χ0n) is 26.4. The summed E-state index contributed by atoms with van der Waals surface area (Å²) in [5.74, 6) is 0. The molecule has 0 radical (unpaired) electrons. The van der Waals surface area contributed by atoms with Crippen LogP contribution in [0.3, 0.4) is 0 Å². The number of rotatable bonds is 0. The molecule has 0 fully saturated rings. The Labute approximate surface area is 236 Å². The van der Waals surface area contributed by atoms with Gasteiger partial charge in [-0.2, -0.15) is 19.8 Å². The van der Waals surface area contributed by atoms with Crippen molar-refractivity contribution >= 4 is 19.8 Å². The predicted molar refractivity (Wildman–Crippen MR) is 181 cm³/mol.